The summed E-state index contributed by atoms with van der Waals surface area (Å²) < 4.78 is 0. The standard InChI is InChI=1S/C5H6N2O.ClH/c8-5-6-3-1-2-4-7-5;/h1-4H,(H2,6,7,8);1H. The molecule has 0 atom stereocenters. The van der Waals surface area contributed by atoms with Crippen LogP contribution in [0.5, 0.6) is 0 Å². The first-order chi connectivity index (χ1) is 3.89. The number of hydrogen-bond donors (Lipinski definition) is 2. The summed E-state index contributed by atoms with van der Waals surface area (Å²) in [5.74, 6) is 0. The number of allylic oxidation sites excluding steroid dienone is 2. The molecule has 0 aliphatic carbocycles. The average Bonchev–Trinajstić information content (AvgIpc) is 1.94. The number of carbonyl (C=O) groups excluding carboxylic acids is 1. The van der Waals surface area contributed by atoms with Crippen LogP contribution in [0.3, 0.4) is 0 Å². The van der Waals surface area contributed by atoms with E-state index < -0.39 is 0 Å². The monoisotopic (exact) mass is 146 g/mol. The molecular formula is C5H7ClN2O. The number of amides is 2. The summed E-state index contributed by atoms with van der Waals surface area (Å²) in [6, 6.07) is -0.199. The highest BCUT2D eigenvalue weighted by Gasteiger charge is 1.91. The van der Waals surface area contributed by atoms with Crippen molar-refractivity contribution in [1.29, 1.82) is 0 Å². The van der Waals surface area contributed by atoms with Gasteiger partial charge < -0.3 is 10.6 Å². The topological polar surface area (TPSA) is 41.1 Å². The van der Waals surface area contributed by atoms with Gasteiger partial charge in [-0.15, -0.1) is 12.4 Å². The maximum Gasteiger partial charge on any atom is 0.322 e. The van der Waals surface area contributed by atoms with Gasteiger partial charge >= 0.3 is 6.03 Å². The van der Waals surface area contributed by atoms with Crippen LogP contribution >= 0.6 is 12.4 Å². The zero-order chi connectivity index (χ0) is 5.82. The summed E-state index contributed by atoms with van der Waals surface area (Å²) in [4.78, 5) is 10.4. The Morgan fingerprint density at radius 3 is 2.00 bits per heavy atom. The van der Waals surface area contributed by atoms with Gasteiger partial charge in [-0.1, -0.05) is 0 Å². The molecule has 2 N–H and O–H groups in total. The molecule has 1 rings (SSSR count). The quantitative estimate of drug-likeness (QED) is 0.520. The fourth-order valence-corrected chi connectivity index (χ4v) is 0.400. The zero-order valence-electron chi connectivity index (χ0n) is 4.63. The van der Waals surface area contributed by atoms with E-state index in [0.717, 1.165) is 0 Å². The Bertz CT molecular complexity index is 137. The summed E-state index contributed by atoms with van der Waals surface area (Å²) >= 11 is 0. The molecule has 1 aliphatic rings. The highest BCUT2D eigenvalue weighted by atomic mass is 35.5. The third kappa shape index (κ3) is 2.77. The number of hydrogen-bond acceptors (Lipinski definition) is 1. The molecule has 1 aliphatic heterocycles. The van der Waals surface area contributed by atoms with Gasteiger partial charge in [0.05, 0.1) is 0 Å². The molecule has 0 fully saturated rings. The van der Waals surface area contributed by atoms with E-state index in [1.54, 1.807) is 24.6 Å². The van der Waals surface area contributed by atoms with Crippen LogP contribution in [-0.2, 0) is 0 Å². The number of carbonyl (C=O) groups is 1. The minimum Gasteiger partial charge on any atom is -0.314 e. The highest BCUT2D eigenvalue weighted by molar-refractivity contribution is 5.85. The van der Waals surface area contributed by atoms with E-state index in [4.69, 9.17) is 0 Å². The molecule has 0 saturated carbocycles. The summed E-state index contributed by atoms with van der Waals surface area (Å²) in [5.41, 5.74) is 0. The van der Waals surface area contributed by atoms with E-state index in [9.17, 15) is 4.79 Å². The second-order valence-corrected chi connectivity index (χ2v) is 1.34. The summed E-state index contributed by atoms with van der Waals surface area (Å²) in [6.45, 7) is 0. The van der Waals surface area contributed by atoms with Crippen LogP contribution in [0.15, 0.2) is 24.6 Å². The minimum absolute atomic E-state index is 0. The molecule has 50 valence electrons. The largest absolute Gasteiger partial charge is 0.322 e. The lowest BCUT2D eigenvalue weighted by Gasteiger charge is -1.92. The Morgan fingerprint density at radius 1 is 1.11 bits per heavy atom. The molecule has 0 unspecified atom stereocenters. The molecule has 0 radical (unpaired) electrons. The number of halogens is 1. The number of rotatable bonds is 0. The van der Waals surface area contributed by atoms with Gasteiger partial charge in [0, 0.05) is 12.4 Å². The lowest BCUT2D eigenvalue weighted by atomic mass is 10.6. The summed E-state index contributed by atoms with van der Waals surface area (Å²) in [7, 11) is 0. The average molecular weight is 147 g/mol. The molecule has 4 heteroatoms. The van der Waals surface area contributed by atoms with Crippen molar-refractivity contribution in [2.24, 2.45) is 0 Å². The first-order valence-corrected chi connectivity index (χ1v) is 2.28. The molecular weight excluding hydrogens is 140 g/mol. The van der Waals surface area contributed by atoms with E-state index in [-0.39, 0.29) is 18.4 Å². The van der Waals surface area contributed by atoms with Gasteiger partial charge in [-0.05, 0) is 12.2 Å². The maximum absolute atomic E-state index is 10.4. The van der Waals surface area contributed by atoms with Crippen LogP contribution in [0.1, 0.15) is 0 Å². The lowest BCUT2D eigenvalue weighted by molar-refractivity contribution is 0.247. The second-order valence-electron chi connectivity index (χ2n) is 1.34. The van der Waals surface area contributed by atoms with Crippen LogP contribution in [0.25, 0.3) is 0 Å². The zero-order valence-corrected chi connectivity index (χ0v) is 5.44. The summed E-state index contributed by atoms with van der Waals surface area (Å²) in [6.07, 6.45) is 6.60. The third-order valence-electron chi connectivity index (χ3n) is 0.732. The molecule has 0 aromatic carbocycles. The van der Waals surface area contributed by atoms with E-state index in [2.05, 4.69) is 10.6 Å². The van der Waals surface area contributed by atoms with E-state index in [1.165, 1.54) is 0 Å². The molecule has 0 aromatic heterocycles. The van der Waals surface area contributed by atoms with Crippen molar-refractivity contribution in [2.45, 2.75) is 0 Å². The Morgan fingerprint density at radius 2 is 1.56 bits per heavy atom. The molecule has 0 aromatic rings. The van der Waals surface area contributed by atoms with E-state index >= 15 is 0 Å². The number of nitrogens with one attached hydrogen (secondary N) is 2. The van der Waals surface area contributed by atoms with Crippen LogP contribution < -0.4 is 10.6 Å². The molecule has 2 amide bonds. The molecule has 1 heterocycles. The first kappa shape index (κ1) is 8.04. The van der Waals surface area contributed by atoms with Gasteiger partial charge in [0.2, 0.25) is 0 Å². The Balaban J connectivity index is 0.000000640. The lowest BCUT2D eigenvalue weighted by Crippen LogP contribution is -2.26. The van der Waals surface area contributed by atoms with Crippen molar-refractivity contribution in [3.8, 4) is 0 Å². The smallest absolute Gasteiger partial charge is 0.314 e. The van der Waals surface area contributed by atoms with Crippen molar-refractivity contribution in [3.05, 3.63) is 24.6 Å². The predicted octanol–water partition coefficient (Wildman–Crippen LogP) is 0.748. The molecule has 0 bridgehead atoms. The van der Waals surface area contributed by atoms with Crippen LogP contribution in [0.2, 0.25) is 0 Å². The SMILES string of the molecule is Cl.O=C1NC=CC=CN1. The molecule has 3 nitrogen and oxygen atoms in total. The van der Waals surface area contributed by atoms with Crippen LogP contribution in [-0.4, -0.2) is 6.03 Å². The van der Waals surface area contributed by atoms with Crippen molar-refractivity contribution < 1.29 is 4.79 Å². The molecule has 0 spiro atoms. The Hall–Kier alpha value is -0.960. The Kier molecular flexibility index (Phi) is 3.55. The maximum atomic E-state index is 10.4. The van der Waals surface area contributed by atoms with Gasteiger partial charge in [0.1, 0.15) is 0 Å². The van der Waals surface area contributed by atoms with Gasteiger partial charge in [0.25, 0.3) is 0 Å². The highest BCUT2D eigenvalue weighted by Crippen LogP contribution is 1.77. The predicted molar refractivity (Wildman–Crippen MR) is 37.2 cm³/mol. The minimum atomic E-state index is -0.199. The van der Waals surface area contributed by atoms with E-state index in [0.29, 0.717) is 0 Å². The van der Waals surface area contributed by atoms with E-state index in [1.807, 2.05) is 0 Å². The number of urea groups is 1. The second kappa shape index (κ2) is 3.97. The first-order valence-electron chi connectivity index (χ1n) is 2.28. The van der Waals surface area contributed by atoms with Crippen LogP contribution in [0.4, 0.5) is 4.79 Å². The van der Waals surface area contributed by atoms with Gasteiger partial charge in [-0.2, -0.15) is 0 Å². The third-order valence-corrected chi connectivity index (χ3v) is 0.732. The Labute approximate surface area is 59.2 Å². The molecule has 0 saturated heterocycles. The van der Waals surface area contributed by atoms with Gasteiger partial charge in [0.15, 0.2) is 0 Å². The van der Waals surface area contributed by atoms with Crippen molar-refractivity contribution >= 4 is 18.4 Å². The fraction of sp³-hybridized carbons (Fsp3) is 0. The van der Waals surface area contributed by atoms with Gasteiger partial charge in [-0.25, -0.2) is 4.79 Å². The van der Waals surface area contributed by atoms with Crippen molar-refractivity contribution in [1.82, 2.24) is 10.6 Å². The molecule has 9 heavy (non-hydrogen) atoms. The summed E-state index contributed by atoms with van der Waals surface area (Å²) in [5, 5.41) is 4.90. The fourth-order valence-electron chi connectivity index (χ4n) is 0.400. The van der Waals surface area contributed by atoms with Crippen molar-refractivity contribution in [2.75, 3.05) is 0 Å². The van der Waals surface area contributed by atoms with Crippen molar-refractivity contribution in [3.63, 3.8) is 0 Å². The van der Waals surface area contributed by atoms with Gasteiger partial charge in [-0.3, -0.25) is 0 Å². The normalized spacial score (nSPS) is 14.9. The van der Waals surface area contributed by atoms with Crippen LogP contribution in [0, 0.1) is 0 Å².